The van der Waals surface area contributed by atoms with E-state index in [2.05, 4.69) is 28.1 Å². The molecule has 25 heavy (non-hydrogen) atoms. The lowest BCUT2D eigenvalue weighted by atomic mass is 10.1. The molecule has 126 valence electrons. The molecule has 0 saturated heterocycles. The predicted octanol–water partition coefficient (Wildman–Crippen LogP) is 5.39. The van der Waals surface area contributed by atoms with Crippen LogP contribution in [0.4, 0.5) is 0 Å². The molecule has 0 radical (unpaired) electrons. The largest absolute Gasteiger partial charge is 0.490 e. The SMILES string of the molecule is O=Cc1cc(Br)ccc1OCCOc1ccc(-c2ccccc2)cc1. The maximum Gasteiger partial charge on any atom is 0.153 e. The van der Waals surface area contributed by atoms with Gasteiger partial charge in [-0.05, 0) is 41.5 Å². The van der Waals surface area contributed by atoms with Crippen molar-refractivity contribution >= 4 is 22.2 Å². The normalized spacial score (nSPS) is 10.3. The zero-order chi connectivity index (χ0) is 17.5. The van der Waals surface area contributed by atoms with E-state index in [-0.39, 0.29) is 0 Å². The van der Waals surface area contributed by atoms with Gasteiger partial charge in [0.1, 0.15) is 24.7 Å². The third-order valence-electron chi connectivity index (χ3n) is 3.67. The Morgan fingerprint density at radius 3 is 2.20 bits per heavy atom. The summed E-state index contributed by atoms with van der Waals surface area (Å²) in [6.45, 7) is 0.766. The van der Waals surface area contributed by atoms with E-state index in [0.717, 1.165) is 22.1 Å². The van der Waals surface area contributed by atoms with Crippen LogP contribution >= 0.6 is 15.9 Å². The molecular weight excluding hydrogens is 380 g/mol. The fraction of sp³-hybridized carbons (Fsp3) is 0.0952. The van der Waals surface area contributed by atoms with Gasteiger partial charge < -0.3 is 9.47 Å². The lowest BCUT2D eigenvalue weighted by Crippen LogP contribution is -2.09. The Bertz CT molecular complexity index is 830. The molecule has 0 spiro atoms. The van der Waals surface area contributed by atoms with Crippen molar-refractivity contribution in [2.45, 2.75) is 0 Å². The fourth-order valence-corrected chi connectivity index (χ4v) is 2.81. The third kappa shape index (κ3) is 4.70. The van der Waals surface area contributed by atoms with Gasteiger partial charge in [0.2, 0.25) is 0 Å². The molecule has 0 aliphatic heterocycles. The summed E-state index contributed by atoms with van der Waals surface area (Å²) in [7, 11) is 0. The van der Waals surface area contributed by atoms with Crippen LogP contribution in [0.5, 0.6) is 11.5 Å². The van der Waals surface area contributed by atoms with Gasteiger partial charge in [-0.15, -0.1) is 0 Å². The third-order valence-corrected chi connectivity index (χ3v) is 4.16. The van der Waals surface area contributed by atoms with Crippen molar-refractivity contribution in [1.29, 1.82) is 0 Å². The van der Waals surface area contributed by atoms with Crippen molar-refractivity contribution in [2.75, 3.05) is 13.2 Å². The molecule has 3 aromatic carbocycles. The Labute approximate surface area is 155 Å². The molecule has 3 nitrogen and oxygen atoms in total. The number of carbonyl (C=O) groups is 1. The van der Waals surface area contributed by atoms with E-state index in [4.69, 9.17) is 9.47 Å². The van der Waals surface area contributed by atoms with Crippen LogP contribution < -0.4 is 9.47 Å². The minimum Gasteiger partial charge on any atom is -0.490 e. The Hall–Kier alpha value is -2.59. The van der Waals surface area contributed by atoms with Crippen LogP contribution in [0.1, 0.15) is 10.4 Å². The molecule has 0 heterocycles. The number of hydrogen-bond donors (Lipinski definition) is 0. The highest BCUT2D eigenvalue weighted by Crippen LogP contribution is 2.23. The highest BCUT2D eigenvalue weighted by Gasteiger charge is 2.04. The van der Waals surface area contributed by atoms with Crippen LogP contribution in [0.2, 0.25) is 0 Å². The van der Waals surface area contributed by atoms with Gasteiger partial charge in [0.05, 0.1) is 5.56 Å². The number of rotatable bonds is 7. The van der Waals surface area contributed by atoms with E-state index < -0.39 is 0 Å². The minimum atomic E-state index is 0.364. The summed E-state index contributed by atoms with van der Waals surface area (Å²) in [6, 6.07) is 23.5. The number of carbonyl (C=O) groups excluding carboxylic acids is 1. The van der Waals surface area contributed by atoms with Crippen molar-refractivity contribution in [3.63, 3.8) is 0 Å². The van der Waals surface area contributed by atoms with Crippen molar-refractivity contribution in [3.05, 3.63) is 82.8 Å². The first-order valence-electron chi connectivity index (χ1n) is 7.92. The highest BCUT2D eigenvalue weighted by atomic mass is 79.9. The van der Waals surface area contributed by atoms with E-state index in [1.165, 1.54) is 5.56 Å². The summed E-state index contributed by atoms with van der Waals surface area (Å²) >= 11 is 3.33. The smallest absolute Gasteiger partial charge is 0.153 e. The molecule has 0 bridgehead atoms. The van der Waals surface area contributed by atoms with Crippen LogP contribution in [0.15, 0.2) is 77.3 Å². The second kappa shape index (κ2) is 8.49. The van der Waals surface area contributed by atoms with E-state index in [0.29, 0.717) is 24.5 Å². The Morgan fingerprint density at radius 2 is 1.48 bits per heavy atom. The molecule has 0 aliphatic rings. The molecule has 0 amide bonds. The van der Waals surface area contributed by atoms with Crippen LogP contribution in [0.3, 0.4) is 0 Å². The van der Waals surface area contributed by atoms with Gasteiger partial charge in [0.15, 0.2) is 6.29 Å². The molecule has 4 heteroatoms. The second-order valence-electron chi connectivity index (χ2n) is 5.39. The molecule has 0 unspecified atom stereocenters. The summed E-state index contributed by atoms with van der Waals surface area (Å²) in [5.74, 6) is 1.34. The van der Waals surface area contributed by atoms with Gasteiger partial charge in [-0.3, -0.25) is 4.79 Å². The van der Waals surface area contributed by atoms with Crippen LogP contribution in [0, 0.1) is 0 Å². The van der Waals surface area contributed by atoms with Gasteiger partial charge in [-0.2, -0.15) is 0 Å². The topological polar surface area (TPSA) is 35.5 Å². The Morgan fingerprint density at radius 1 is 0.800 bits per heavy atom. The van der Waals surface area contributed by atoms with E-state index in [1.807, 2.05) is 48.5 Å². The van der Waals surface area contributed by atoms with Crippen LogP contribution in [-0.4, -0.2) is 19.5 Å². The van der Waals surface area contributed by atoms with Gasteiger partial charge in [0.25, 0.3) is 0 Å². The van der Waals surface area contributed by atoms with Gasteiger partial charge >= 0.3 is 0 Å². The zero-order valence-corrected chi connectivity index (χ0v) is 15.1. The summed E-state index contributed by atoms with van der Waals surface area (Å²) in [5, 5.41) is 0. The summed E-state index contributed by atoms with van der Waals surface area (Å²) in [4.78, 5) is 11.1. The Kier molecular flexibility index (Phi) is 5.86. The highest BCUT2D eigenvalue weighted by molar-refractivity contribution is 9.10. The molecular formula is C21H17BrO3. The maximum absolute atomic E-state index is 11.1. The first-order chi connectivity index (χ1) is 12.3. The van der Waals surface area contributed by atoms with E-state index in [1.54, 1.807) is 12.1 Å². The summed E-state index contributed by atoms with van der Waals surface area (Å²) in [5.41, 5.74) is 2.84. The van der Waals surface area contributed by atoms with Gasteiger partial charge in [-0.25, -0.2) is 0 Å². The first kappa shape index (κ1) is 17.2. The number of benzene rings is 3. The number of hydrogen-bond acceptors (Lipinski definition) is 3. The lowest BCUT2D eigenvalue weighted by Gasteiger charge is -2.10. The standard InChI is InChI=1S/C21H17BrO3/c22-19-8-11-21(18(14-19)15-23)25-13-12-24-20-9-6-17(7-10-20)16-4-2-1-3-5-16/h1-11,14-15H,12-13H2. The molecule has 3 aromatic rings. The van der Waals surface area contributed by atoms with Crippen molar-refractivity contribution in [3.8, 4) is 22.6 Å². The van der Waals surface area contributed by atoms with Crippen LogP contribution in [0.25, 0.3) is 11.1 Å². The zero-order valence-electron chi connectivity index (χ0n) is 13.5. The van der Waals surface area contributed by atoms with E-state index >= 15 is 0 Å². The van der Waals surface area contributed by atoms with Crippen molar-refractivity contribution < 1.29 is 14.3 Å². The first-order valence-corrected chi connectivity index (χ1v) is 8.71. The maximum atomic E-state index is 11.1. The molecule has 0 saturated carbocycles. The van der Waals surface area contributed by atoms with Gasteiger partial charge in [-0.1, -0.05) is 58.4 Å². The molecule has 0 aromatic heterocycles. The molecule has 0 N–H and O–H groups in total. The van der Waals surface area contributed by atoms with Crippen molar-refractivity contribution in [2.24, 2.45) is 0 Å². The lowest BCUT2D eigenvalue weighted by molar-refractivity contribution is 0.111. The van der Waals surface area contributed by atoms with E-state index in [9.17, 15) is 4.79 Å². The number of aldehydes is 1. The average Bonchev–Trinajstić information content (AvgIpc) is 2.67. The van der Waals surface area contributed by atoms with Crippen molar-refractivity contribution in [1.82, 2.24) is 0 Å². The number of halogens is 1. The second-order valence-corrected chi connectivity index (χ2v) is 6.30. The summed E-state index contributed by atoms with van der Waals surface area (Å²) < 4.78 is 12.2. The summed E-state index contributed by atoms with van der Waals surface area (Å²) in [6.07, 6.45) is 0.781. The quantitative estimate of drug-likeness (QED) is 0.396. The molecule has 0 fully saturated rings. The van der Waals surface area contributed by atoms with Crippen LogP contribution in [-0.2, 0) is 0 Å². The fourth-order valence-electron chi connectivity index (χ4n) is 2.43. The monoisotopic (exact) mass is 396 g/mol. The number of ether oxygens (including phenoxy) is 2. The average molecular weight is 397 g/mol. The Balaban J connectivity index is 1.52. The molecule has 0 atom stereocenters. The molecule has 0 aliphatic carbocycles. The predicted molar refractivity (Wildman–Crippen MR) is 102 cm³/mol. The molecule has 3 rings (SSSR count). The van der Waals surface area contributed by atoms with Gasteiger partial charge in [0, 0.05) is 4.47 Å². The minimum absolute atomic E-state index is 0.364.